The number of ether oxygens (including phenoxy) is 2. The van der Waals surface area contributed by atoms with Gasteiger partial charge >= 0.3 is 0 Å². The highest BCUT2D eigenvalue weighted by Gasteiger charge is 2.19. The molecule has 3 aromatic carbocycles. The van der Waals surface area contributed by atoms with Crippen molar-refractivity contribution < 1.29 is 14.3 Å². The standard InChI is InChI=1S/C26H22ClN3O3/c1-16-3-5-19(11-17(16)2)22-13-23(30(29-22)21-8-6-20(27)7-9-21)26(31)28-14-18-4-10-24-25(12-18)33-15-32-24/h3-13H,14-15H2,1-2H3,(H,28,31). The van der Waals surface area contributed by atoms with Crippen LogP contribution in [0.15, 0.2) is 66.7 Å². The Kier molecular flexibility index (Phi) is 5.52. The van der Waals surface area contributed by atoms with Crippen LogP contribution in [0.4, 0.5) is 0 Å². The predicted molar refractivity (Wildman–Crippen MR) is 127 cm³/mol. The summed E-state index contributed by atoms with van der Waals surface area (Å²) >= 11 is 6.06. The summed E-state index contributed by atoms with van der Waals surface area (Å²) in [5.74, 6) is 1.17. The largest absolute Gasteiger partial charge is 0.454 e. The number of benzene rings is 3. The van der Waals surface area contributed by atoms with Gasteiger partial charge in [-0.25, -0.2) is 4.68 Å². The first-order chi connectivity index (χ1) is 16.0. The van der Waals surface area contributed by atoms with E-state index in [4.69, 9.17) is 26.2 Å². The number of carbonyl (C=O) groups is 1. The molecule has 0 radical (unpaired) electrons. The van der Waals surface area contributed by atoms with Crippen LogP contribution in [0.25, 0.3) is 16.9 Å². The van der Waals surface area contributed by atoms with Crippen molar-refractivity contribution in [1.29, 1.82) is 0 Å². The number of halogens is 1. The summed E-state index contributed by atoms with van der Waals surface area (Å²) in [6, 6.07) is 20.8. The van der Waals surface area contributed by atoms with E-state index < -0.39 is 0 Å². The van der Waals surface area contributed by atoms with Crippen LogP contribution in [0.5, 0.6) is 11.5 Å². The van der Waals surface area contributed by atoms with Gasteiger partial charge in [0, 0.05) is 17.1 Å². The second kappa shape index (κ2) is 8.64. The number of rotatable bonds is 5. The van der Waals surface area contributed by atoms with Crippen LogP contribution >= 0.6 is 11.6 Å². The molecular formula is C26H22ClN3O3. The lowest BCUT2D eigenvalue weighted by atomic mass is 10.0. The number of aromatic nitrogens is 2. The molecule has 0 bridgehead atoms. The molecule has 4 aromatic rings. The molecule has 1 aliphatic heterocycles. The zero-order chi connectivity index (χ0) is 22.9. The summed E-state index contributed by atoms with van der Waals surface area (Å²) in [5, 5.41) is 8.36. The number of aryl methyl sites for hydroxylation is 2. The van der Waals surface area contributed by atoms with E-state index in [2.05, 4.69) is 31.3 Å². The average molecular weight is 460 g/mol. The molecule has 1 N–H and O–H groups in total. The van der Waals surface area contributed by atoms with Crippen molar-refractivity contribution in [3.05, 3.63) is 94.1 Å². The number of hydrogen-bond acceptors (Lipinski definition) is 4. The van der Waals surface area contributed by atoms with Crippen molar-refractivity contribution >= 4 is 17.5 Å². The van der Waals surface area contributed by atoms with Crippen molar-refractivity contribution in [2.45, 2.75) is 20.4 Å². The normalized spacial score (nSPS) is 12.1. The number of fused-ring (bicyclic) bond motifs is 1. The number of hydrogen-bond donors (Lipinski definition) is 1. The molecule has 5 rings (SSSR count). The Morgan fingerprint density at radius 3 is 2.55 bits per heavy atom. The first-order valence-electron chi connectivity index (χ1n) is 10.6. The first-order valence-corrected chi connectivity index (χ1v) is 11.0. The smallest absolute Gasteiger partial charge is 0.270 e. The van der Waals surface area contributed by atoms with Gasteiger partial charge in [-0.1, -0.05) is 29.8 Å². The molecule has 2 heterocycles. The highest BCUT2D eigenvalue weighted by molar-refractivity contribution is 6.30. The molecule has 166 valence electrons. The molecule has 6 nitrogen and oxygen atoms in total. The van der Waals surface area contributed by atoms with Gasteiger partial charge in [0.25, 0.3) is 5.91 Å². The van der Waals surface area contributed by atoms with Crippen LogP contribution in [0.2, 0.25) is 5.02 Å². The summed E-state index contributed by atoms with van der Waals surface area (Å²) < 4.78 is 12.4. The van der Waals surface area contributed by atoms with Gasteiger partial charge in [0.2, 0.25) is 6.79 Å². The first kappa shape index (κ1) is 21.1. The zero-order valence-corrected chi connectivity index (χ0v) is 19.0. The van der Waals surface area contributed by atoms with Crippen LogP contribution in [-0.4, -0.2) is 22.5 Å². The van der Waals surface area contributed by atoms with Gasteiger partial charge in [0.05, 0.1) is 11.4 Å². The minimum atomic E-state index is -0.231. The number of nitrogens with one attached hydrogen (secondary N) is 1. The van der Waals surface area contributed by atoms with Gasteiger partial charge in [0.1, 0.15) is 5.69 Å². The third-order valence-corrected chi connectivity index (χ3v) is 5.96. The van der Waals surface area contributed by atoms with E-state index in [0.29, 0.717) is 28.8 Å². The van der Waals surface area contributed by atoms with E-state index in [1.54, 1.807) is 16.8 Å². The van der Waals surface area contributed by atoms with E-state index in [9.17, 15) is 4.79 Å². The predicted octanol–water partition coefficient (Wildman–Crippen LogP) is 5.47. The Labute approximate surface area is 196 Å². The molecule has 33 heavy (non-hydrogen) atoms. The van der Waals surface area contributed by atoms with Crippen molar-refractivity contribution in [3.63, 3.8) is 0 Å². The molecule has 0 atom stereocenters. The topological polar surface area (TPSA) is 65.4 Å². The number of nitrogens with zero attached hydrogens (tertiary/aromatic N) is 2. The minimum absolute atomic E-state index is 0.215. The Balaban J connectivity index is 1.46. The fourth-order valence-corrected chi connectivity index (χ4v) is 3.81. The summed E-state index contributed by atoms with van der Waals surface area (Å²) in [6.07, 6.45) is 0. The Hall–Kier alpha value is -3.77. The fourth-order valence-electron chi connectivity index (χ4n) is 3.69. The molecule has 0 fully saturated rings. The van der Waals surface area contributed by atoms with Gasteiger partial charge < -0.3 is 14.8 Å². The zero-order valence-electron chi connectivity index (χ0n) is 18.3. The van der Waals surface area contributed by atoms with Crippen LogP contribution in [0.1, 0.15) is 27.2 Å². The van der Waals surface area contributed by atoms with Gasteiger partial charge in [-0.05, 0) is 79.1 Å². The molecule has 1 aliphatic rings. The van der Waals surface area contributed by atoms with E-state index in [0.717, 1.165) is 22.5 Å². The third-order valence-electron chi connectivity index (χ3n) is 5.71. The molecule has 1 aromatic heterocycles. The average Bonchev–Trinajstić information content (AvgIpc) is 3.47. The van der Waals surface area contributed by atoms with E-state index in [-0.39, 0.29) is 12.7 Å². The van der Waals surface area contributed by atoms with Crippen LogP contribution in [0.3, 0.4) is 0 Å². The summed E-state index contributed by atoms with van der Waals surface area (Å²) in [6.45, 7) is 4.70. The third kappa shape index (κ3) is 4.30. The number of amides is 1. The van der Waals surface area contributed by atoms with Gasteiger partial charge in [0.15, 0.2) is 11.5 Å². The quantitative estimate of drug-likeness (QED) is 0.430. The molecular weight excluding hydrogens is 438 g/mol. The fraction of sp³-hybridized carbons (Fsp3) is 0.154. The van der Waals surface area contributed by atoms with E-state index >= 15 is 0 Å². The second-order valence-corrected chi connectivity index (χ2v) is 8.41. The summed E-state index contributed by atoms with van der Waals surface area (Å²) in [5.41, 5.74) is 6.16. The van der Waals surface area contributed by atoms with Crippen molar-refractivity contribution in [2.75, 3.05) is 6.79 Å². The molecule has 0 unspecified atom stereocenters. The molecule has 1 amide bonds. The lowest BCUT2D eigenvalue weighted by Gasteiger charge is -2.09. The molecule has 0 saturated heterocycles. The summed E-state index contributed by atoms with van der Waals surface area (Å²) in [7, 11) is 0. The maximum absolute atomic E-state index is 13.2. The maximum atomic E-state index is 13.2. The van der Waals surface area contributed by atoms with Crippen molar-refractivity contribution in [3.8, 4) is 28.4 Å². The van der Waals surface area contributed by atoms with Gasteiger partial charge in [-0.2, -0.15) is 5.10 Å². The van der Waals surface area contributed by atoms with Crippen molar-refractivity contribution in [2.24, 2.45) is 0 Å². The van der Waals surface area contributed by atoms with Crippen LogP contribution in [0, 0.1) is 13.8 Å². The Bertz CT molecular complexity index is 1350. The van der Waals surface area contributed by atoms with Crippen LogP contribution < -0.4 is 14.8 Å². The minimum Gasteiger partial charge on any atom is -0.454 e. The maximum Gasteiger partial charge on any atom is 0.270 e. The highest BCUT2D eigenvalue weighted by atomic mass is 35.5. The lowest BCUT2D eigenvalue weighted by Crippen LogP contribution is -2.25. The second-order valence-electron chi connectivity index (χ2n) is 7.97. The molecule has 0 spiro atoms. The monoisotopic (exact) mass is 459 g/mol. The molecule has 0 aliphatic carbocycles. The Morgan fingerprint density at radius 2 is 1.76 bits per heavy atom. The van der Waals surface area contributed by atoms with Crippen LogP contribution in [-0.2, 0) is 6.54 Å². The lowest BCUT2D eigenvalue weighted by molar-refractivity contribution is 0.0943. The Morgan fingerprint density at radius 1 is 0.970 bits per heavy atom. The van der Waals surface area contributed by atoms with Crippen molar-refractivity contribution in [1.82, 2.24) is 15.1 Å². The van der Waals surface area contributed by atoms with Gasteiger partial charge in [-0.15, -0.1) is 0 Å². The van der Waals surface area contributed by atoms with E-state index in [1.165, 1.54) is 11.1 Å². The number of carbonyl (C=O) groups excluding carboxylic acids is 1. The molecule has 0 saturated carbocycles. The van der Waals surface area contributed by atoms with E-state index in [1.807, 2.05) is 42.5 Å². The molecule has 7 heteroatoms. The summed E-state index contributed by atoms with van der Waals surface area (Å²) in [4.78, 5) is 13.2. The SMILES string of the molecule is Cc1ccc(-c2cc(C(=O)NCc3ccc4c(c3)OCO4)n(-c3ccc(Cl)cc3)n2)cc1C. The highest BCUT2D eigenvalue weighted by Crippen LogP contribution is 2.32. The van der Waals surface area contributed by atoms with Gasteiger partial charge in [-0.3, -0.25) is 4.79 Å².